The van der Waals surface area contributed by atoms with Crippen LogP contribution in [0.5, 0.6) is 0 Å². The van der Waals surface area contributed by atoms with Crippen molar-refractivity contribution in [2.45, 2.75) is 31.4 Å². The van der Waals surface area contributed by atoms with E-state index in [1.165, 1.54) is 6.42 Å². The zero-order valence-corrected chi connectivity index (χ0v) is 8.35. The van der Waals surface area contributed by atoms with E-state index < -0.39 is 0 Å². The first-order chi connectivity index (χ1) is 5.79. The topological polar surface area (TPSA) is 62.3 Å². The van der Waals surface area contributed by atoms with E-state index in [-0.39, 0.29) is 18.4 Å². The van der Waals surface area contributed by atoms with Gasteiger partial charge in [0, 0.05) is 6.54 Å². The number of guanidine groups is 1. The molecule has 0 aromatic rings. The fraction of sp³-hybridized carbons (Fsp3) is 0.875. The second-order valence-corrected chi connectivity index (χ2v) is 3.49. The highest BCUT2D eigenvalue weighted by Gasteiger charge is 2.36. The molecule has 5 heteroatoms. The van der Waals surface area contributed by atoms with Crippen LogP contribution in [-0.2, 0) is 4.74 Å². The molecule has 1 saturated heterocycles. The Morgan fingerprint density at radius 1 is 1.46 bits per heavy atom. The maximum absolute atomic E-state index is 7.39. The smallest absolute Gasteiger partial charge is 0.188 e. The Hall–Kier alpha value is -0.480. The lowest BCUT2D eigenvalue weighted by atomic mass is 10.1. The van der Waals surface area contributed by atoms with Crippen molar-refractivity contribution in [1.82, 2.24) is 4.90 Å². The van der Waals surface area contributed by atoms with Crippen molar-refractivity contribution >= 4 is 18.4 Å². The van der Waals surface area contributed by atoms with Crippen molar-refractivity contribution < 1.29 is 4.74 Å². The molecule has 1 aliphatic heterocycles. The molecule has 0 bridgehead atoms. The molecule has 0 aromatic heterocycles. The Balaban J connectivity index is 0.000000845. The van der Waals surface area contributed by atoms with E-state index in [4.69, 9.17) is 15.9 Å². The van der Waals surface area contributed by atoms with E-state index in [1.54, 1.807) is 0 Å². The number of nitrogens with two attached hydrogens (primary N) is 1. The lowest BCUT2D eigenvalue weighted by Gasteiger charge is -2.37. The Morgan fingerprint density at radius 3 is 2.92 bits per heavy atom. The van der Waals surface area contributed by atoms with E-state index >= 15 is 0 Å². The number of hydrogen-bond acceptors (Lipinski definition) is 2. The van der Waals surface area contributed by atoms with Gasteiger partial charge in [-0.15, -0.1) is 12.4 Å². The van der Waals surface area contributed by atoms with E-state index in [1.807, 2.05) is 4.90 Å². The molecule has 4 nitrogen and oxygen atoms in total. The molecule has 1 heterocycles. The van der Waals surface area contributed by atoms with E-state index in [0.29, 0.717) is 12.1 Å². The van der Waals surface area contributed by atoms with Crippen LogP contribution in [-0.4, -0.2) is 36.2 Å². The highest BCUT2D eigenvalue weighted by molar-refractivity contribution is 5.85. The van der Waals surface area contributed by atoms with Gasteiger partial charge in [-0.3, -0.25) is 5.41 Å². The van der Waals surface area contributed by atoms with Crippen LogP contribution in [0.2, 0.25) is 0 Å². The number of rotatable bonds is 0. The molecule has 1 saturated carbocycles. The largest absolute Gasteiger partial charge is 0.374 e. The van der Waals surface area contributed by atoms with Crippen LogP contribution < -0.4 is 5.73 Å². The van der Waals surface area contributed by atoms with Gasteiger partial charge in [-0.05, 0) is 19.3 Å². The van der Waals surface area contributed by atoms with Gasteiger partial charge >= 0.3 is 0 Å². The molecule has 2 rings (SSSR count). The van der Waals surface area contributed by atoms with Gasteiger partial charge in [0.05, 0.1) is 18.8 Å². The molecule has 0 amide bonds. The van der Waals surface area contributed by atoms with E-state index in [2.05, 4.69) is 0 Å². The van der Waals surface area contributed by atoms with Crippen LogP contribution in [0.3, 0.4) is 0 Å². The number of hydrogen-bond donors (Lipinski definition) is 2. The molecule has 2 unspecified atom stereocenters. The third-order valence-corrected chi connectivity index (χ3v) is 2.79. The predicted octanol–water partition coefficient (Wildman–Crippen LogP) is 0.555. The molecule has 2 fully saturated rings. The van der Waals surface area contributed by atoms with Gasteiger partial charge in [0.25, 0.3) is 0 Å². The first-order valence-corrected chi connectivity index (χ1v) is 4.51. The van der Waals surface area contributed by atoms with Crippen molar-refractivity contribution in [2.75, 3.05) is 13.2 Å². The number of morpholine rings is 1. The van der Waals surface area contributed by atoms with Crippen molar-refractivity contribution in [3.63, 3.8) is 0 Å². The summed E-state index contributed by atoms with van der Waals surface area (Å²) in [6.07, 6.45) is 3.81. The number of fused-ring (bicyclic) bond motifs is 1. The van der Waals surface area contributed by atoms with E-state index in [0.717, 1.165) is 26.0 Å². The fourth-order valence-electron chi connectivity index (χ4n) is 2.22. The summed E-state index contributed by atoms with van der Waals surface area (Å²) < 4.78 is 5.59. The molecule has 0 radical (unpaired) electrons. The first-order valence-electron chi connectivity index (χ1n) is 4.51. The average molecular weight is 206 g/mol. The summed E-state index contributed by atoms with van der Waals surface area (Å²) in [7, 11) is 0. The molecule has 1 aliphatic carbocycles. The third kappa shape index (κ3) is 1.89. The molecule has 2 aliphatic rings. The summed E-state index contributed by atoms with van der Waals surface area (Å²) in [5, 5.41) is 7.39. The van der Waals surface area contributed by atoms with Crippen molar-refractivity contribution in [3.05, 3.63) is 0 Å². The van der Waals surface area contributed by atoms with Gasteiger partial charge in [-0.1, -0.05) is 0 Å². The molecular formula is C8H16ClN3O. The number of ether oxygens (including phenoxy) is 1. The summed E-state index contributed by atoms with van der Waals surface area (Å²) in [5.41, 5.74) is 5.48. The highest BCUT2D eigenvalue weighted by atomic mass is 35.5. The van der Waals surface area contributed by atoms with Crippen LogP contribution in [0.4, 0.5) is 0 Å². The van der Waals surface area contributed by atoms with Gasteiger partial charge in [-0.25, -0.2) is 0 Å². The van der Waals surface area contributed by atoms with Gasteiger partial charge < -0.3 is 15.4 Å². The lowest BCUT2D eigenvalue weighted by molar-refractivity contribution is -0.0300. The Bertz CT molecular complexity index is 200. The van der Waals surface area contributed by atoms with E-state index in [9.17, 15) is 0 Å². The quantitative estimate of drug-likeness (QED) is 0.449. The average Bonchev–Trinajstić information content (AvgIpc) is 2.49. The summed E-state index contributed by atoms with van der Waals surface area (Å²) in [5.74, 6) is 0.204. The normalized spacial score (nSPS) is 32.2. The van der Waals surface area contributed by atoms with Crippen LogP contribution in [0, 0.1) is 5.41 Å². The lowest BCUT2D eigenvalue weighted by Crippen LogP contribution is -2.53. The molecule has 3 N–H and O–H groups in total. The van der Waals surface area contributed by atoms with Crippen LogP contribution in [0.15, 0.2) is 0 Å². The maximum atomic E-state index is 7.39. The Kier molecular flexibility index (Phi) is 3.39. The molecule has 76 valence electrons. The molecular weight excluding hydrogens is 190 g/mol. The third-order valence-electron chi connectivity index (χ3n) is 2.79. The van der Waals surface area contributed by atoms with Gasteiger partial charge in [-0.2, -0.15) is 0 Å². The van der Waals surface area contributed by atoms with Crippen LogP contribution >= 0.6 is 12.4 Å². The standard InChI is InChI=1S/C8H15N3O.ClH/c9-8(10)11-4-5-12-7-3-1-2-6(7)11;/h6-7H,1-5H2,(H3,9,10);1H. The number of nitrogens with zero attached hydrogens (tertiary/aromatic N) is 1. The second-order valence-electron chi connectivity index (χ2n) is 3.49. The second kappa shape index (κ2) is 4.15. The van der Waals surface area contributed by atoms with Gasteiger partial charge in [0.1, 0.15) is 0 Å². The number of nitrogens with one attached hydrogen (secondary N) is 1. The highest BCUT2D eigenvalue weighted by Crippen LogP contribution is 2.28. The monoisotopic (exact) mass is 205 g/mol. The predicted molar refractivity (Wildman–Crippen MR) is 53.2 cm³/mol. The minimum absolute atomic E-state index is 0. The van der Waals surface area contributed by atoms with Crippen molar-refractivity contribution in [2.24, 2.45) is 5.73 Å². The maximum Gasteiger partial charge on any atom is 0.188 e. The van der Waals surface area contributed by atoms with Crippen molar-refractivity contribution in [3.8, 4) is 0 Å². The molecule has 2 atom stereocenters. The Morgan fingerprint density at radius 2 is 2.23 bits per heavy atom. The van der Waals surface area contributed by atoms with Crippen molar-refractivity contribution in [1.29, 1.82) is 5.41 Å². The minimum atomic E-state index is 0. The molecule has 0 spiro atoms. The fourth-order valence-corrected chi connectivity index (χ4v) is 2.22. The summed E-state index contributed by atoms with van der Waals surface area (Å²) in [6, 6.07) is 0.385. The SMILES string of the molecule is Cl.N=C(N)N1CCOC2CCCC21. The van der Waals surface area contributed by atoms with Crippen LogP contribution in [0.1, 0.15) is 19.3 Å². The summed E-state index contributed by atoms with van der Waals surface area (Å²) in [6.45, 7) is 1.51. The van der Waals surface area contributed by atoms with Gasteiger partial charge in [0.2, 0.25) is 0 Å². The Labute approximate surface area is 84.3 Å². The zero-order chi connectivity index (χ0) is 8.55. The first kappa shape index (κ1) is 10.6. The number of halogens is 1. The summed E-state index contributed by atoms with van der Waals surface area (Å²) >= 11 is 0. The minimum Gasteiger partial charge on any atom is -0.374 e. The van der Waals surface area contributed by atoms with Crippen LogP contribution in [0.25, 0.3) is 0 Å². The molecule has 13 heavy (non-hydrogen) atoms. The molecule has 0 aromatic carbocycles. The van der Waals surface area contributed by atoms with Gasteiger partial charge in [0.15, 0.2) is 5.96 Å². The zero-order valence-electron chi connectivity index (χ0n) is 7.53. The summed E-state index contributed by atoms with van der Waals surface area (Å²) in [4.78, 5) is 1.97.